The fourth-order valence-corrected chi connectivity index (χ4v) is 5.47. The van der Waals surface area contributed by atoms with Crippen LogP contribution in [0.5, 0.6) is 5.75 Å². The average molecular weight is 600 g/mol. The second-order valence-electron chi connectivity index (χ2n) is 10.4. The van der Waals surface area contributed by atoms with Crippen molar-refractivity contribution in [2.24, 2.45) is 5.92 Å². The largest absolute Gasteiger partial charge is 0.495 e. The lowest BCUT2D eigenvalue weighted by atomic mass is 10.0. The third kappa shape index (κ3) is 8.96. The number of anilines is 1. The number of aryl methyl sites for hydroxylation is 1. The highest BCUT2D eigenvalue weighted by Crippen LogP contribution is 2.30. The molecule has 0 saturated heterocycles. The fraction of sp³-hybridized carbons (Fsp3) is 0.355. The standard InChI is InChI=1S/C31H38ClN3O5S/c1-22(2)19-33-31(37)28(17-24-12-7-6-8-13-24)34(20-25-14-10-9-11-23(25)3)30(36)21-35(41(5,38)39)26-15-16-29(40-4)27(32)18-26/h6-16,18,22,28H,17,19-21H2,1-5H3,(H,33,37)/t28-/m0/s1. The zero-order chi connectivity index (χ0) is 30.2. The van der Waals surface area contributed by atoms with E-state index in [1.54, 1.807) is 6.07 Å². The maximum Gasteiger partial charge on any atom is 0.244 e. The van der Waals surface area contributed by atoms with Crippen LogP contribution in [0.25, 0.3) is 0 Å². The van der Waals surface area contributed by atoms with Crippen molar-refractivity contribution >= 4 is 39.1 Å². The molecule has 8 nitrogen and oxygen atoms in total. The molecule has 1 atom stereocenters. The molecule has 0 bridgehead atoms. The maximum atomic E-state index is 14.2. The van der Waals surface area contributed by atoms with E-state index in [0.717, 1.165) is 27.3 Å². The van der Waals surface area contributed by atoms with Crippen LogP contribution in [0, 0.1) is 12.8 Å². The first-order chi connectivity index (χ1) is 19.4. The van der Waals surface area contributed by atoms with Gasteiger partial charge in [0.2, 0.25) is 21.8 Å². The summed E-state index contributed by atoms with van der Waals surface area (Å²) in [5, 5.41) is 3.18. The molecule has 0 aliphatic carbocycles. The Kier molecular flexibility index (Phi) is 11.2. The molecule has 0 heterocycles. The van der Waals surface area contributed by atoms with E-state index in [1.165, 1.54) is 24.1 Å². The number of carbonyl (C=O) groups is 2. The number of hydrogen-bond donors (Lipinski definition) is 1. The molecule has 0 aromatic heterocycles. The number of benzene rings is 3. The van der Waals surface area contributed by atoms with E-state index in [1.807, 2.05) is 75.4 Å². The summed E-state index contributed by atoms with van der Waals surface area (Å²) in [6, 6.07) is 20.7. The molecule has 0 unspecified atom stereocenters. The molecule has 1 N–H and O–H groups in total. The summed E-state index contributed by atoms with van der Waals surface area (Å²) in [5.41, 5.74) is 2.90. The molecule has 0 fully saturated rings. The molecule has 0 aliphatic heterocycles. The smallest absolute Gasteiger partial charge is 0.244 e. The monoisotopic (exact) mass is 599 g/mol. The van der Waals surface area contributed by atoms with Gasteiger partial charge < -0.3 is 15.0 Å². The number of sulfonamides is 1. The van der Waals surface area contributed by atoms with Gasteiger partial charge in [0.15, 0.2) is 0 Å². The summed E-state index contributed by atoms with van der Waals surface area (Å²) in [6.07, 6.45) is 1.29. The molecule has 0 spiro atoms. The molecular weight excluding hydrogens is 562 g/mol. The van der Waals surface area contributed by atoms with Gasteiger partial charge in [-0.05, 0) is 47.7 Å². The SMILES string of the molecule is COc1ccc(N(CC(=O)N(Cc2ccccc2C)[C@@H](Cc2ccccc2)C(=O)NCC(C)C)S(C)(=O)=O)cc1Cl. The van der Waals surface area contributed by atoms with Crippen molar-refractivity contribution in [3.63, 3.8) is 0 Å². The topological polar surface area (TPSA) is 96.0 Å². The van der Waals surface area contributed by atoms with Crippen molar-refractivity contribution < 1.29 is 22.7 Å². The van der Waals surface area contributed by atoms with E-state index >= 15 is 0 Å². The van der Waals surface area contributed by atoms with Gasteiger partial charge >= 0.3 is 0 Å². The predicted molar refractivity (Wildman–Crippen MR) is 164 cm³/mol. The van der Waals surface area contributed by atoms with Gasteiger partial charge in [-0.1, -0.05) is 80.0 Å². The van der Waals surface area contributed by atoms with Gasteiger partial charge in [-0.3, -0.25) is 13.9 Å². The van der Waals surface area contributed by atoms with Crippen LogP contribution in [0.3, 0.4) is 0 Å². The van der Waals surface area contributed by atoms with E-state index in [9.17, 15) is 18.0 Å². The number of hydrogen-bond acceptors (Lipinski definition) is 5. The fourth-order valence-electron chi connectivity index (χ4n) is 4.37. The van der Waals surface area contributed by atoms with Crippen molar-refractivity contribution in [2.75, 3.05) is 30.8 Å². The lowest BCUT2D eigenvalue weighted by Crippen LogP contribution is -2.53. The molecule has 0 saturated carbocycles. The van der Waals surface area contributed by atoms with Crippen molar-refractivity contribution in [1.82, 2.24) is 10.2 Å². The van der Waals surface area contributed by atoms with Gasteiger partial charge in [0.25, 0.3) is 0 Å². The Hall–Kier alpha value is -3.56. The van der Waals surface area contributed by atoms with Crippen LogP contribution in [0.4, 0.5) is 5.69 Å². The number of carbonyl (C=O) groups excluding carboxylic acids is 2. The normalized spacial score (nSPS) is 12.1. The van der Waals surface area contributed by atoms with Gasteiger partial charge in [0.05, 0.1) is 24.1 Å². The molecule has 10 heteroatoms. The highest BCUT2D eigenvalue weighted by Gasteiger charge is 2.33. The van der Waals surface area contributed by atoms with Gasteiger partial charge in [0.1, 0.15) is 18.3 Å². The molecule has 41 heavy (non-hydrogen) atoms. The Bertz CT molecular complexity index is 1450. The van der Waals surface area contributed by atoms with E-state index in [2.05, 4.69) is 5.32 Å². The van der Waals surface area contributed by atoms with Crippen molar-refractivity contribution in [1.29, 1.82) is 0 Å². The van der Waals surface area contributed by atoms with Gasteiger partial charge in [-0.2, -0.15) is 0 Å². The van der Waals surface area contributed by atoms with Crippen LogP contribution in [0.2, 0.25) is 5.02 Å². The summed E-state index contributed by atoms with van der Waals surface area (Å²) in [5.74, 6) is -0.243. The maximum absolute atomic E-state index is 14.2. The highest BCUT2D eigenvalue weighted by molar-refractivity contribution is 7.92. The van der Waals surface area contributed by atoms with Crippen molar-refractivity contribution in [2.45, 2.75) is 39.8 Å². The zero-order valence-electron chi connectivity index (χ0n) is 24.1. The van der Waals surface area contributed by atoms with Crippen molar-refractivity contribution in [3.05, 3.63) is 94.5 Å². The van der Waals surface area contributed by atoms with Crippen LogP contribution in [0.1, 0.15) is 30.5 Å². The Balaban J connectivity index is 2.07. The molecule has 3 aromatic rings. The third-order valence-corrected chi connectivity index (χ3v) is 8.10. The van der Waals surface area contributed by atoms with Crippen LogP contribution < -0.4 is 14.4 Å². The highest BCUT2D eigenvalue weighted by atomic mass is 35.5. The van der Waals surface area contributed by atoms with E-state index in [-0.39, 0.29) is 35.5 Å². The van der Waals surface area contributed by atoms with Crippen molar-refractivity contribution in [3.8, 4) is 5.75 Å². The van der Waals surface area contributed by atoms with Crippen LogP contribution in [-0.4, -0.2) is 57.6 Å². The molecule has 0 aliphatic rings. The van der Waals surface area contributed by atoms with Gasteiger partial charge in [-0.15, -0.1) is 0 Å². The second kappa shape index (κ2) is 14.4. The van der Waals surface area contributed by atoms with Crippen LogP contribution >= 0.6 is 11.6 Å². The average Bonchev–Trinajstić information content (AvgIpc) is 2.93. The first-order valence-corrected chi connectivity index (χ1v) is 15.6. The second-order valence-corrected chi connectivity index (χ2v) is 12.7. The lowest BCUT2D eigenvalue weighted by molar-refractivity contribution is -0.140. The lowest BCUT2D eigenvalue weighted by Gasteiger charge is -2.34. The molecular formula is C31H38ClN3O5S. The quantitative estimate of drug-likeness (QED) is 0.303. The summed E-state index contributed by atoms with van der Waals surface area (Å²) >= 11 is 6.30. The summed E-state index contributed by atoms with van der Waals surface area (Å²) in [4.78, 5) is 29.3. The molecule has 2 amide bonds. The number of ether oxygens (including phenoxy) is 1. The van der Waals surface area contributed by atoms with E-state index in [4.69, 9.17) is 16.3 Å². The summed E-state index contributed by atoms with van der Waals surface area (Å²) < 4.78 is 32.1. The van der Waals surface area contributed by atoms with Gasteiger partial charge in [0, 0.05) is 19.5 Å². The number of nitrogens with zero attached hydrogens (tertiary/aromatic N) is 2. The number of nitrogens with one attached hydrogen (secondary N) is 1. The van der Waals surface area contributed by atoms with E-state index < -0.39 is 28.5 Å². The minimum Gasteiger partial charge on any atom is -0.495 e. The number of rotatable bonds is 13. The zero-order valence-corrected chi connectivity index (χ0v) is 25.7. The molecule has 220 valence electrons. The minimum absolute atomic E-state index is 0.124. The first kappa shape index (κ1) is 32.0. The number of methoxy groups -OCH3 is 1. The minimum atomic E-state index is -3.90. The van der Waals surface area contributed by atoms with Crippen LogP contribution in [0.15, 0.2) is 72.8 Å². The summed E-state index contributed by atoms with van der Waals surface area (Å²) in [7, 11) is -2.45. The summed E-state index contributed by atoms with van der Waals surface area (Å²) in [6.45, 7) is 5.97. The van der Waals surface area contributed by atoms with Crippen LogP contribution in [-0.2, 0) is 32.6 Å². The Morgan fingerprint density at radius 1 is 1.00 bits per heavy atom. The number of amides is 2. The third-order valence-electron chi connectivity index (χ3n) is 6.66. The number of halogens is 1. The molecule has 0 radical (unpaired) electrons. The van der Waals surface area contributed by atoms with E-state index in [0.29, 0.717) is 12.3 Å². The molecule has 3 rings (SSSR count). The Labute approximate surface area is 248 Å². The first-order valence-electron chi connectivity index (χ1n) is 13.4. The Morgan fingerprint density at radius 3 is 2.24 bits per heavy atom. The Morgan fingerprint density at radius 2 is 1.66 bits per heavy atom. The van der Waals surface area contributed by atoms with Gasteiger partial charge in [-0.25, -0.2) is 8.42 Å². The predicted octanol–water partition coefficient (Wildman–Crippen LogP) is 4.84. The molecule has 3 aromatic carbocycles.